The fourth-order valence-corrected chi connectivity index (χ4v) is 4.23. The summed E-state index contributed by atoms with van der Waals surface area (Å²) in [5.41, 5.74) is 5.65. The molecule has 0 aliphatic rings. The molecular weight excluding hydrogens is 500 g/mol. The van der Waals surface area contributed by atoms with Gasteiger partial charge in [0, 0.05) is 42.9 Å². The van der Waals surface area contributed by atoms with Crippen molar-refractivity contribution in [3.8, 4) is 0 Å². The molecular formula is C33H33N4O3+. The first-order valence-electron chi connectivity index (χ1n) is 13.3. The number of hydrogen-bond donors (Lipinski definition) is 1. The van der Waals surface area contributed by atoms with Gasteiger partial charge in [-0.2, -0.15) is 9.67 Å². The Morgan fingerprint density at radius 1 is 0.675 bits per heavy atom. The van der Waals surface area contributed by atoms with Crippen molar-refractivity contribution >= 4 is 23.3 Å². The lowest BCUT2D eigenvalue weighted by molar-refractivity contribution is -0.684. The summed E-state index contributed by atoms with van der Waals surface area (Å²) in [5, 5.41) is 4.30. The van der Waals surface area contributed by atoms with Gasteiger partial charge in [-0.3, -0.25) is 14.4 Å². The number of rotatable bonds is 13. The smallest absolute Gasteiger partial charge is 0.305 e. The zero-order valence-electron chi connectivity index (χ0n) is 22.4. The zero-order chi connectivity index (χ0) is 28.0. The summed E-state index contributed by atoms with van der Waals surface area (Å²) in [5.74, 6) is -0.496. The number of pyridine rings is 1. The van der Waals surface area contributed by atoms with Crippen molar-refractivity contribution in [2.75, 3.05) is 0 Å². The second-order valence-electron chi connectivity index (χ2n) is 9.45. The van der Waals surface area contributed by atoms with E-state index in [2.05, 4.69) is 10.5 Å². The van der Waals surface area contributed by atoms with E-state index >= 15 is 0 Å². The SMILES string of the molecule is O=C(C[n+]1ccccc1)NN=C(CCC(=O)N(Cc1ccccc1)Cc1ccccc1)CC(=O)c1ccccc1. The van der Waals surface area contributed by atoms with Crippen molar-refractivity contribution in [3.63, 3.8) is 0 Å². The number of hydrogen-bond acceptors (Lipinski definition) is 4. The summed E-state index contributed by atoms with van der Waals surface area (Å²) in [6, 6.07) is 34.2. The highest BCUT2D eigenvalue weighted by Gasteiger charge is 2.18. The lowest BCUT2D eigenvalue weighted by atomic mass is 10.0. The Hall–Kier alpha value is -4.91. The molecule has 0 aliphatic heterocycles. The van der Waals surface area contributed by atoms with Crippen molar-refractivity contribution < 1.29 is 19.0 Å². The van der Waals surface area contributed by atoms with E-state index in [0.29, 0.717) is 24.4 Å². The number of nitrogens with zero attached hydrogens (tertiary/aromatic N) is 3. The number of aromatic nitrogens is 1. The third-order valence-corrected chi connectivity index (χ3v) is 6.32. The number of carbonyl (C=O) groups is 3. The summed E-state index contributed by atoms with van der Waals surface area (Å²) in [6.07, 6.45) is 3.99. The standard InChI is InChI=1S/C33H32N4O3/c38-31(29-17-9-3-10-18-29)23-30(34-35-32(39)26-36-21-11-4-12-22-36)19-20-33(40)37(24-27-13-5-1-6-14-27)25-28-15-7-2-8-16-28/h1-18,21-22H,19-20,23-26H2/p+1. The van der Waals surface area contributed by atoms with E-state index in [9.17, 15) is 14.4 Å². The minimum atomic E-state index is -0.318. The Labute approximate surface area is 234 Å². The molecule has 3 aromatic carbocycles. The number of Topliss-reactive ketones (excluding diaryl/α,β-unsaturated/α-hetero) is 1. The van der Waals surface area contributed by atoms with Crippen molar-refractivity contribution in [2.24, 2.45) is 5.10 Å². The Morgan fingerprint density at radius 3 is 1.77 bits per heavy atom. The second kappa shape index (κ2) is 14.9. The van der Waals surface area contributed by atoms with Crippen LogP contribution in [0.2, 0.25) is 0 Å². The van der Waals surface area contributed by atoms with Crippen LogP contribution in [-0.2, 0) is 29.2 Å². The van der Waals surface area contributed by atoms with Crippen LogP contribution in [0.5, 0.6) is 0 Å². The van der Waals surface area contributed by atoms with E-state index in [0.717, 1.165) is 11.1 Å². The van der Waals surface area contributed by atoms with Crippen LogP contribution in [-0.4, -0.2) is 28.2 Å². The predicted octanol–water partition coefficient (Wildman–Crippen LogP) is 4.73. The second-order valence-corrected chi connectivity index (χ2v) is 9.45. The fraction of sp³-hybridized carbons (Fsp3) is 0.182. The van der Waals surface area contributed by atoms with Crippen LogP contribution in [0.4, 0.5) is 0 Å². The van der Waals surface area contributed by atoms with Gasteiger partial charge in [-0.05, 0) is 17.5 Å². The molecule has 0 saturated heterocycles. The number of nitrogens with one attached hydrogen (secondary N) is 1. The van der Waals surface area contributed by atoms with Crippen molar-refractivity contribution in [3.05, 3.63) is 138 Å². The predicted molar refractivity (Wildman–Crippen MR) is 154 cm³/mol. The molecule has 4 rings (SSSR count). The zero-order valence-corrected chi connectivity index (χ0v) is 22.4. The quantitative estimate of drug-likeness (QED) is 0.117. The summed E-state index contributed by atoms with van der Waals surface area (Å²) < 4.78 is 1.73. The highest BCUT2D eigenvalue weighted by atomic mass is 16.2. The molecule has 1 heterocycles. The third kappa shape index (κ3) is 9.13. The number of ketones is 1. The van der Waals surface area contributed by atoms with E-state index < -0.39 is 0 Å². The minimum Gasteiger partial charge on any atom is -0.334 e. The van der Waals surface area contributed by atoms with Crippen LogP contribution >= 0.6 is 0 Å². The lowest BCUT2D eigenvalue weighted by Gasteiger charge is -2.23. The minimum absolute atomic E-state index is 0.00736. The van der Waals surface area contributed by atoms with Gasteiger partial charge >= 0.3 is 5.91 Å². The summed E-state index contributed by atoms with van der Waals surface area (Å²) in [7, 11) is 0. The molecule has 202 valence electrons. The Balaban J connectivity index is 1.46. The fourth-order valence-electron chi connectivity index (χ4n) is 4.23. The average molecular weight is 534 g/mol. The van der Waals surface area contributed by atoms with Crippen LogP contribution in [0.1, 0.15) is 40.7 Å². The first-order valence-corrected chi connectivity index (χ1v) is 13.3. The molecule has 0 unspecified atom stereocenters. The first-order chi connectivity index (χ1) is 19.6. The van der Waals surface area contributed by atoms with Gasteiger partial charge in [-0.15, -0.1) is 0 Å². The topological polar surface area (TPSA) is 82.7 Å². The molecule has 0 spiro atoms. The molecule has 0 saturated carbocycles. The maximum Gasteiger partial charge on any atom is 0.305 e. The van der Waals surface area contributed by atoms with Crippen LogP contribution in [0.25, 0.3) is 0 Å². The lowest BCUT2D eigenvalue weighted by Crippen LogP contribution is -2.41. The molecule has 0 radical (unpaired) electrons. The number of hydrazone groups is 1. The summed E-state index contributed by atoms with van der Waals surface area (Å²) in [6.45, 7) is 1.02. The third-order valence-electron chi connectivity index (χ3n) is 6.32. The van der Waals surface area contributed by atoms with Crippen molar-refractivity contribution in [1.82, 2.24) is 10.3 Å². The highest BCUT2D eigenvalue weighted by Crippen LogP contribution is 2.14. The molecule has 2 amide bonds. The monoisotopic (exact) mass is 533 g/mol. The van der Waals surface area contributed by atoms with E-state index in [4.69, 9.17) is 0 Å². The first kappa shape index (κ1) is 28.1. The largest absolute Gasteiger partial charge is 0.334 e. The molecule has 40 heavy (non-hydrogen) atoms. The molecule has 0 aliphatic carbocycles. The number of carbonyl (C=O) groups excluding carboxylic acids is 3. The molecule has 7 heteroatoms. The van der Waals surface area contributed by atoms with Gasteiger partial charge in [-0.1, -0.05) is 97.1 Å². The molecule has 0 bridgehead atoms. The van der Waals surface area contributed by atoms with Gasteiger partial charge in [-0.25, -0.2) is 5.43 Å². The molecule has 4 aromatic rings. The van der Waals surface area contributed by atoms with Crippen LogP contribution in [0.15, 0.2) is 127 Å². The van der Waals surface area contributed by atoms with Crippen molar-refractivity contribution in [1.29, 1.82) is 0 Å². The maximum atomic E-state index is 13.5. The van der Waals surface area contributed by atoms with E-state index in [1.54, 1.807) is 41.2 Å². The average Bonchev–Trinajstić information content (AvgIpc) is 3.00. The maximum absolute atomic E-state index is 13.5. The molecule has 1 aromatic heterocycles. The summed E-state index contributed by atoms with van der Waals surface area (Å²) >= 11 is 0. The van der Waals surface area contributed by atoms with Gasteiger partial charge in [0.25, 0.3) is 0 Å². The van der Waals surface area contributed by atoms with Crippen LogP contribution in [0.3, 0.4) is 0 Å². The van der Waals surface area contributed by atoms with Crippen LogP contribution < -0.4 is 9.99 Å². The summed E-state index contributed by atoms with van der Waals surface area (Å²) in [4.78, 5) is 40.8. The highest BCUT2D eigenvalue weighted by molar-refractivity contribution is 6.10. The number of amides is 2. The Kier molecular flexibility index (Phi) is 10.5. The van der Waals surface area contributed by atoms with Crippen LogP contribution in [0, 0.1) is 0 Å². The number of benzene rings is 3. The Bertz CT molecular complexity index is 1370. The van der Waals surface area contributed by atoms with Gasteiger partial charge < -0.3 is 4.90 Å². The van der Waals surface area contributed by atoms with Gasteiger partial charge in [0.05, 0.1) is 6.42 Å². The van der Waals surface area contributed by atoms with Crippen molar-refractivity contribution in [2.45, 2.75) is 38.9 Å². The molecule has 7 nitrogen and oxygen atoms in total. The molecule has 0 atom stereocenters. The van der Waals surface area contributed by atoms with Gasteiger partial charge in [0.1, 0.15) is 0 Å². The molecule has 1 N–H and O–H groups in total. The van der Waals surface area contributed by atoms with E-state index in [1.807, 2.05) is 89.8 Å². The van der Waals surface area contributed by atoms with Gasteiger partial charge in [0.2, 0.25) is 12.5 Å². The molecule has 0 fully saturated rings. The Morgan fingerprint density at radius 2 is 1.20 bits per heavy atom. The normalized spacial score (nSPS) is 11.1. The van der Waals surface area contributed by atoms with Gasteiger partial charge in [0.15, 0.2) is 18.2 Å². The van der Waals surface area contributed by atoms with E-state index in [1.165, 1.54) is 0 Å². The van der Waals surface area contributed by atoms with E-state index in [-0.39, 0.29) is 43.4 Å².